The zero-order valence-corrected chi connectivity index (χ0v) is 14.3. The van der Waals surface area contributed by atoms with Crippen molar-refractivity contribution in [1.82, 2.24) is 18.7 Å². The highest BCUT2D eigenvalue weighted by Gasteiger charge is 2.20. The minimum atomic E-state index is -0.528. The summed E-state index contributed by atoms with van der Waals surface area (Å²) in [4.78, 5) is 42.6. The van der Waals surface area contributed by atoms with E-state index in [1.165, 1.54) is 34.5 Å². The molecule has 0 aliphatic rings. The molecule has 0 fully saturated rings. The highest BCUT2D eigenvalue weighted by Crippen LogP contribution is 2.14. The second-order valence-corrected chi connectivity index (χ2v) is 5.72. The fourth-order valence-corrected chi connectivity index (χ4v) is 2.75. The maximum atomic E-state index is 12.7. The number of anilines is 1. The van der Waals surface area contributed by atoms with Gasteiger partial charge in [0.25, 0.3) is 5.56 Å². The third-order valence-corrected chi connectivity index (χ3v) is 4.12. The second-order valence-electron chi connectivity index (χ2n) is 5.72. The molecule has 0 atom stereocenters. The molecule has 3 rings (SSSR count). The van der Waals surface area contributed by atoms with E-state index in [1.54, 1.807) is 24.3 Å². The lowest BCUT2D eigenvalue weighted by Crippen LogP contribution is -2.38. The van der Waals surface area contributed by atoms with Crippen LogP contribution in [-0.2, 0) is 25.4 Å². The number of hydrogen-bond acceptors (Lipinski definition) is 5. The number of fused-ring (bicyclic) bond motifs is 1. The van der Waals surface area contributed by atoms with Crippen molar-refractivity contribution in [3.05, 3.63) is 57.5 Å². The Bertz CT molecular complexity index is 1130. The minimum absolute atomic E-state index is 0.119. The number of amides is 1. The minimum Gasteiger partial charge on any atom is -0.315 e. The van der Waals surface area contributed by atoms with Crippen LogP contribution < -0.4 is 16.1 Å². The van der Waals surface area contributed by atoms with Crippen LogP contribution in [0.15, 0.2) is 46.2 Å². The van der Waals surface area contributed by atoms with E-state index in [2.05, 4.69) is 4.98 Å². The van der Waals surface area contributed by atoms with Gasteiger partial charge in [0.1, 0.15) is 13.1 Å². The molecule has 9 nitrogen and oxygen atoms in total. The zero-order chi connectivity index (χ0) is 18.8. The predicted octanol–water partition coefficient (Wildman–Crippen LogP) is -0.00952. The van der Waals surface area contributed by atoms with Gasteiger partial charge < -0.3 is 4.57 Å². The fraction of sp³-hybridized carbons (Fsp3) is 0.235. The summed E-state index contributed by atoms with van der Waals surface area (Å²) in [7, 11) is 2.88. The maximum Gasteiger partial charge on any atom is 0.332 e. The standard InChI is InChI=1S/C17H16N6O3/c1-20-15-14(16(25)21(2)17(20)26)22(11-19-15)10-13(24)23(9-8-18)12-6-4-3-5-7-12/h3-7,11H,9-10H2,1-2H3. The maximum absolute atomic E-state index is 12.7. The first-order valence-corrected chi connectivity index (χ1v) is 7.79. The van der Waals surface area contributed by atoms with Crippen LogP contribution in [0, 0.1) is 11.3 Å². The Morgan fingerprint density at radius 1 is 1.19 bits per heavy atom. The summed E-state index contributed by atoms with van der Waals surface area (Å²) >= 11 is 0. The molecule has 2 heterocycles. The molecule has 0 unspecified atom stereocenters. The number of hydrogen-bond donors (Lipinski definition) is 0. The van der Waals surface area contributed by atoms with E-state index in [0.29, 0.717) is 5.69 Å². The number of aromatic nitrogens is 4. The number of aryl methyl sites for hydroxylation is 1. The quantitative estimate of drug-likeness (QED) is 0.614. The van der Waals surface area contributed by atoms with E-state index in [0.717, 1.165) is 4.57 Å². The van der Waals surface area contributed by atoms with Crippen LogP contribution in [0.5, 0.6) is 0 Å². The van der Waals surface area contributed by atoms with Crippen molar-refractivity contribution in [3.63, 3.8) is 0 Å². The molecule has 0 aliphatic carbocycles. The summed E-state index contributed by atoms with van der Waals surface area (Å²) < 4.78 is 3.62. The van der Waals surface area contributed by atoms with E-state index < -0.39 is 11.2 Å². The molecule has 9 heteroatoms. The van der Waals surface area contributed by atoms with Gasteiger partial charge in [-0.1, -0.05) is 18.2 Å². The van der Waals surface area contributed by atoms with Gasteiger partial charge in [-0.25, -0.2) is 9.78 Å². The lowest BCUT2D eigenvalue weighted by atomic mass is 10.3. The van der Waals surface area contributed by atoms with Crippen LogP contribution in [0.2, 0.25) is 0 Å². The number of carbonyl (C=O) groups is 1. The SMILES string of the molecule is Cn1c(=O)c2c(ncn2CC(=O)N(CC#N)c2ccccc2)n(C)c1=O. The smallest absolute Gasteiger partial charge is 0.315 e. The van der Waals surface area contributed by atoms with E-state index in [1.807, 2.05) is 12.1 Å². The first-order valence-electron chi connectivity index (χ1n) is 7.79. The highest BCUT2D eigenvalue weighted by atomic mass is 16.2. The molecule has 132 valence electrons. The topological polar surface area (TPSA) is 106 Å². The average molecular weight is 352 g/mol. The molecule has 0 N–H and O–H groups in total. The Hall–Kier alpha value is -3.67. The largest absolute Gasteiger partial charge is 0.332 e. The van der Waals surface area contributed by atoms with Gasteiger partial charge in [0, 0.05) is 19.8 Å². The van der Waals surface area contributed by atoms with E-state index in [-0.39, 0.29) is 30.2 Å². The van der Waals surface area contributed by atoms with E-state index >= 15 is 0 Å². The lowest BCUT2D eigenvalue weighted by Gasteiger charge is -2.20. The van der Waals surface area contributed by atoms with E-state index in [9.17, 15) is 14.4 Å². The molecule has 0 bridgehead atoms. The van der Waals surface area contributed by atoms with Gasteiger partial charge in [-0.3, -0.25) is 23.6 Å². The van der Waals surface area contributed by atoms with Crippen molar-refractivity contribution < 1.29 is 4.79 Å². The third-order valence-electron chi connectivity index (χ3n) is 4.12. The molecule has 1 amide bonds. The number of benzene rings is 1. The molecule has 26 heavy (non-hydrogen) atoms. The molecule has 3 aromatic rings. The van der Waals surface area contributed by atoms with Crippen molar-refractivity contribution in [2.24, 2.45) is 14.1 Å². The Morgan fingerprint density at radius 2 is 1.88 bits per heavy atom. The van der Waals surface area contributed by atoms with E-state index in [4.69, 9.17) is 5.26 Å². The summed E-state index contributed by atoms with van der Waals surface area (Å²) in [5, 5.41) is 9.04. The van der Waals surface area contributed by atoms with Crippen molar-refractivity contribution in [2.75, 3.05) is 11.4 Å². The molecule has 2 aromatic heterocycles. The number of nitriles is 1. The van der Waals surface area contributed by atoms with Crippen molar-refractivity contribution in [3.8, 4) is 6.07 Å². The van der Waals surface area contributed by atoms with Gasteiger partial charge in [-0.15, -0.1) is 0 Å². The number of nitrogens with zero attached hydrogens (tertiary/aromatic N) is 6. The Kier molecular flexibility index (Phi) is 4.41. The van der Waals surface area contributed by atoms with Gasteiger partial charge in [0.15, 0.2) is 11.2 Å². The summed E-state index contributed by atoms with van der Waals surface area (Å²) in [6.07, 6.45) is 1.35. The molecule has 0 saturated carbocycles. The van der Waals surface area contributed by atoms with Crippen LogP contribution >= 0.6 is 0 Å². The Morgan fingerprint density at radius 3 is 2.54 bits per heavy atom. The van der Waals surface area contributed by atoms with Gasteiger partial charge in [-0.05, 0) is 12.1 Å². The molecular formula is C17H16N6O3. The summed E-state index contributed by atoms with van der Waals surface area (Å²) in [5.74, 6) is -0.368. The fourth-order valence-electron chi connectivity index (χ4n) is 2.75. The predicted molar refractivity (Wildman–Crippen MR) is 94.6 cm³/mol. The Balaban J connectivity index is 2.03. The molecule has 1 aromatic carbocycles. The van der Waals surface area contributed by atoms with Crippen LogP contribution in [0.25, 0.3) is 11.2 Å². The number of rotatable bonds is 4. The summed E-state index contributed by atoms with van der Waals surface area (Å²) in [6.45, 7) is -0.299. The molecule has 0 spiro atoms. The first kappa shape index (κ1) is 17.2. The summed E-state index contributed by atoms with van der Waals surface area (Å²) in [5.41, 5.74) is -0.0662. The van der Waals surface area contributed by atoms with Crippen molar-refractivity contribution >= 4 is 22.8 Å². The van der Waals surface area contributed by atoms with Gasteiger partial charge in [-0.2, -0.15) is 5.26 Å². The molecule has 0 aliphatic heterocycles. The van der Waals surface area contributed by atoms with Crippen LogP contribution in [0.1, 0.15) is 0 Å². The monoisotopic (exact) mass is 352 g/mol. The molecular weight excluding hydrogens is 336 g/mol. The second kappa shape index (κ2) is 6.68. The average Bonchev–Trinajstić information content (AvgIpc) is 3.07. The van der Waals surface area contributed by atoms with Crippen molar-refractivity contribution in [1.29, 1.82) is 5.26 Å². The number of imidazole rings is 1. The lowest BCUT2D eigenvalue weighted by molar-refractivity contribution is -0.119. The number of para-hydroxylation sites is 1. The highest BCUT2D eigenvalue weighted by molar-refractivity contribution is 5.94. The number of carbonyl (C=O) groups excluding carboxylic acids is 1. The van der Waals surface area contributed by atoms with Crippen molar-refractivity contribution in [2.45, 2.75) is 6.54 Å². The van der Waals surface area contributed by atoms with Gasteiger partial charge in [0.2, 0.25) is 5.91 Å². The van der Waals surface area contributed by atoms with Crippen LogP contribution in [-0.4, -0.2) is 31.1 Å². The van der Waals surface area contributed by atoms with Crippen LogP contribution in [0.4, 0.5) is 5.69 Å². The van der Waals surface area contributed by atoms with Gasteiger partial charge in [0.05, 0.1) is 12.4 Å². The Labute approximate surface area is 147 Å². The first-order chi connectivity index (χ1) is 12.5. The zero-order valence-electron chi connectivity index (χ0n) is 14.3. The van der Waals surface area contributed by atoms with Crippen LogP contribution in [0.3, 0.4) is 0 Å². The molecule has 0 radical (unpaired) electrons. The molecule has 0 saturated heterocycles. The van der Waals surface area contributed by atoms with Gasteiger partial charge >= 0.3 is 5.69 Å². The third kappa shape index (κ3) is 2.77. The normalized spacial score (nSPS) is 10.7. The summed E-state index contributed by atoms with van der Waals surface area (Å²) in [6, 6.07) is 10.8.